The lowest BCUT2D eigenvalue weighted by Crippen LogP contribution is -2.35. The standard InChI is InChI=1S/C14H16BrCl2NO2/c15-11-7-10(16)8-12(17)14(11)20-9-13(19)18-5-3-1-2-4-6-18/h7-8H,1-6,9H2. The second-order valence-electron chi connectivity index (χ2n) is 4.78. The number of halogens is 3. The first-order chi connectivity index (χ1) is 9.58. The van der Waals surface area contributed by atoms with Crippen LogP contribution in [0, 0.1) is 0 Å². The van der Waals surface area contributed by atoms with Crippen LogP contribution in [0.1, 0.15) is 25.7 Å². The van der Waals surface area contributed by atoms with Crippen molar-refractivity contribution in [2.75, 3.05) is 19.7 Å². The molecule has 0 aromatic heterocycles. The second-order valence-corrected chi connectivity index (χ2v) is 6.48. The van der Waals surface area contributed by atoms with Crippen LogP contribution in [-0.2, 0) is 4.79 Å². The molecule has 1 heterocycles. The fourth-order valence-corrected chi connectivity index (χ4v) is 3.58. The maximum absolute atomic E-state index is 12.1. The van der Waals surface area contributed by atoms with Crippen LogP contribution in [0.3, 0.4) is 0 Å². The summed E-state index contributed by atoms with van der Waals surface area (Å²) in [5.41, 5.74) is 0. The van der Waals surface area contributed by atoms with Gasteiger partial charge in [-0.1, -0.05) is 36.0 Å². The lowest BCUT2D eigenvalue weighted by atomic mass is 10.2. The van der Waals surface area contributed by atoms with Crippen molar-refractivity contribution in [1.29, 1.82) is 0 Å². The number of carbonyl (C=O) groups is 1. The summed E-state index contributed by atoms with van der Waals surface area (Å²) in [7, 11) is 0. The largest absolute Gasteiger partial charge is 0.481 e. The molecule has 6 heteroatoms. The highest BCUT2D eigenvalue weighted by molar-refractivity contribution is 9.10. The molecule has 1 amide bonds. The normalized spacial score (nSPS) is 15.8. The molecule has 1 aliphatic heterocycles. The van der Waals surface area contributed by atoms with Crippen LogP contribution >= 0.6 is 39.1 Å². The molecule has 0 spiro atoms. The van der Waals surface area contributed by atoms with Crippen molar-refractivity contribution in [3.63, 3.8) is 0 Å². The number of likely N-dealkylation sites (tertiary alicyclic amines) is 1. The quantitative estimate of drug-likeness (QED) is 0.770. The Balaban J connectivity index is 1.96. The average Bonchev–Trinajstić information content (AvgIpc) is 2.66. The highest BCUT2D eigenvalue weighted by Crippen LogP contribution is 2.36. The molecule has 1 saturated heterocycles. The Kier molecular flexibility index (Phi) is 6.00. The number of amides is 1. The van der Waals surface area contributed by atoms with E-state index in [9.17, 15) is 4.79 Å². The molecule has 0 unspecified atom stereocenters. The fraction of sp³-hybridized carbons (Fsp3) is 0.500. The molecule has 0 radical (unpaired) electrons. The number of benzene rings is 1. The van der Waals surface area contributed by atoms with Gasteiger partial charge in [-0.2, -0.15) is 0 Å². The van der Waals surface area contributed by atoms with Crippen LogP contribution in [0.15, 0.2) is 16.6 Å². The summed E-state index contributed by atoms with van der Waals surface area (Å²) in [6, 6.07) is 3.29. The molecule has 0 saturated carbocycles. The predicted molar refractivity (Wildman–Crippen MR) is 84.7 cm³/mol. The van der Waals surface area contributed by atoms with Gasteiger partial charge in [0.25, 0.3) is 5.91 Å². The third kappa shape index (κ3) is 4.27. The van der Waals surface area contributed by atoms with Gasteiger partial charge in [-0.25, -0.2) is 0 Å². The Morgan fingerprint density at radius 1 is 1.20 bits per heavy atom. The summed E-state index contributed by atoms with van der Waals surface area (Å²) in [6.07, 6.45) is 4.52. The van der Waals surface area contributed by atoms with Crippen molar-refractivity contribution >= 4 is 45.0 Å². The Morgan fingerprint density at radius 3 is 2.45 bits per heavy atom. The van der Waals surface area contributed by atoms with Gasteiger partial charge in [-0.05, 0) is 40.9 Å². The smallest absolute Gasteiger partial charge is 0.260 e. The molecule has 1 aliphatic rings. The molecule has 3 nitrogen and oxygen atoms in total. The van der Waals surface area contributed by atoms with Crippen LogP contribution in [0.5, 0.6) is 5.75 Å². The van der Waals surface area contributed by atoms with Gasteiger partial charge in [0.15, 0.2) is 12.4 Å². The van der Waals surface area contributed by atoms with Gasteiger partial charge in [0, 0.05) is 18.1 Å². The van der Waals surface area contributed by atoms with Gasteiger partial charge in [-0.15, -0.1) is 0 Å². The molecule has 0 aliphatic carbocycles. The Labute approximate surface area is 137 Å². The Hall–Kier alpha value is -0.450. The molecule has 1 fully saturated rings. The zero-order valence-electron chi connectivity index (χ0n) is 11.0. The summed E-state index contributed by atoms with van der Waals surface area (Å²) < 4.78 is 6.20. The molecule has 0 atom stereocenters. The molecule has 1 aromatic rings. The van der Waals surface area contributed by atoms with Crippen molar-refractivity contribution in [2.24, 2.45) is 0 Å². The SMILES string of the molecule is O=C(COc1c(Cl)cc(Cl)cc1Br)N1CCCCCC1. The Morgan fingerprint density at radius 2 is 1.85 bits per heavy atom. The van der Waals surface area contributed by atoms with Crippen LogP contribution in [0.25, 0.3) is 0 Å². The third-order valence-electron chi connectivity index (χ3n) is 3.26. The third-order valence-corrected chi connectivity index (χ3v) is 4.35. The van der Waals surface area contributed by atoms with Gasteiger partial charge in [0.2, 0.25) is 0 Å². The van der Waals surface area contributed by atoms with Crippen LogP contribution in [-0.4, -0.2) is 30.5 Å². The average molecular weight is 381 g/mol. The highest BCUT2D eigenvalue weighted by atomic mass is 79.9. The molecular weight excluding hydrogens is 365 g/mol. The van der Waals surface area contributed by atoms with E-state index in [4.69, 9.17) is 27.9 Å². The minimum Gasteiger partial charge on any atom is -0.481 e. The van der Waals surface area contributed by atoms with Gasteiger partial charge in [-0.3, -0.25) is 4.79 Å². The van der Waals surface area contributed by atoms with E-state index in [-0.39, 0.29) is 12.5 Å². The fourth-order valence-electron chi connectivity index (χ4n) is 2.21. The second kappa shape index (κ2) is 7.53. The summed E-state index contributed by atoms with van der Waals surface area (Å²) in [5.74, 6) is 0.462. The first-order valence-corrected chi connectivity index (χ1v) is 8.18. The first-order valence-electron chi connectivity index (χ1n) is 6.63. The lowest BCUT2D eigenvalue weighted by Gasteiger charge is -2.20. The summed E-state index contributed by atoms with van der Waals surface area (Å²) >= 11 is 15.3. The first kappa shape index (κ1) is 15.9. The Bertz CT molecular complexity index is 465. The van der Waals surface area contributed by atoms with Gasteiger partial charge >= 0.3 is 0 Å². The molecule has 110 valence electrons. The number of hydrogen-bond acceptors (Lipinski definition) is 2. The zero-order valence-corrected chi connectivity index (χ0v) is 14.1. The van der Waals surface area contributed by atoms with Crippen LogP contribution < -0.4 is 4.74 Å². The minimum atomic E-state index is -0.0000472. The van der Waals surface area contributed by atoms with E-state index in [0.717, 1.165) is 25.9 Å². The lowest BCUT2D eigenvalue weighted by molar-refractivity contribution is -0.133. The van der Waals surface area contributed by atoms with E-state index in [1.54, 1.807) is 12.1 Å². The number of hydrogen-bond donors (Lipinski definition) is 0. The van der Waals surface area contributed by atoms with E-state index in [2.05, 4.69) is 15.9 Å². The predicted octanol–water partition coefficient (Wildman–Crippen LogP) is 4.54. The number of nitrogens with zero attached hydrogens (tertiary/aromatic N) is 1. The molecule has 20 heavy (non-hydrogen) atoms. The van der Waals surface area contributed by atoms with Gasteiger partial charge < -0.3 is 9.64 Å². The summed E-state index contributed by atoms with van der Waals surface area (Å²) in [4.78, 5) is 14.0. The maximum Gasteiger partial charge on any atom is 0.260 e. The van der Waals surface area contributed by atoms with Crippen molar-refractivity contribution in [3.05, 3.63) is 26.7 Å². The van der Waals surface area contributed by atoms with Crippen molar-refractivity contribution in [3.8, 4) is 5.75 Å². The molecule has 2 rings (SSSR count). The minimum absolute atomic E-state index is 0.0000472. The van der Waals surface area contributed by atoms with E-state index in [0.29, 0.717) is 20.3 Å². The van der Waals surface area contributed by atoms with Gasteiger partial charge in [0.1, 0.15) is 0 Å². The summed E-state index contributed by atoms with van der Waals surface area (Å²) in [5, 5.41) is 0.918. The molecule has 1 aromatic carbocycles. The van der Waals surface area contributed by atoms with Crippen molar-refractivity contribution in [2.45, 2.75) is 25.7 Å². The van der Waals surface area contributed by atoms with Crippen LogP contribution in [0.4, 0.5) is 0 Å². The van der Waals surface area contributed by atoms with E-state index in [1.165, 1.54) is 12.8 Å². The molecule has 0 bridgehead atoms. The number of ether oxygens (including phenoxy) is 1. The zero-order chi connectivity index (χ0) is 14.5. The van der Waals surface area contributed by atoms with E-state index >= 15 is 0 Å². The van der Waals surface area contributed by atoms with Crippen molar-refractivity contribution in [1.82, 2.24) is 4.90 Å². The van der Waals surface area contributed by atoms with E-state index in [1.807, 2.05) is 4.90 Å². The summed E-state index contributed by atoms with van der Waals surface area (Å²) in [6.45, 7) is 1.63. The van der Waals surface area contributed by atoms with Crippen molar-refractivity contribution < 1.29 is 9.53 Å². The maximum atomic E-state index is 12.1. The highest BCUT2D eigenvalue weighted by Gasteiger charge is 2.17. The van der Waals surface area contributed by atoms with Crippen LogP contribution in [0.2, 0.25) is 10.0 Å². The topological polar surface area (TPSA) is 29.5 Å². The van der Waals surface area contributed by atoms with Gasteiger partial charge in [0.05, 0.1) is 9.50 Å². The molecular formula is C14H16BrCl2NO2. The number of rotatable bonds is 3. The molecule has 0 N–H and O–H groups in total. The monoisotopic (exact) mass is 379 g/mol. The van der Waals surface area contributed by atoms with E-state index < -0.39 is 0 Å². The number of carbonyl (C=O) groups excluding carboxylic acids is 1.